The molecule has 0 fully saturated rings. The highest BCUT2D eigenvalue weighted by molar-refractivity contribution is 9.10. The van der Waals surface area contributed by atoms with Crippen molar-refractivity contribution in [2.45, 2.75) is 12.8 Å². The lowest BCUT2D eigenvalue weighted by Gasteiger charge is -2.13. The predicted octanol–water partition coefficient (Wildman–Crippen LogP) is 2.78. The minimum atomic E-state index is -1.09. The van der Waals surface area contributed by atoms with Gasteiger partial charge < -0.3 is 9.84 Å². The molecule has 1 atom stereocenters. The Morgan fingerprint density at radius 1 is 1.60 bits per heavy atom. The zero-order valence-corrected chi connectivity index (χ0v) is 9.84. The minimum Gasteiger partial charge on any atom is -0.496 e. The van der Waals surface area contributed by atoms with Crippen molar-refractivity contribution in [3.05, 3.63) is 28.0 Å². The zero-order valence-electron chi connectivity index (χ0n) is 8.25. The fourth-order valence-electron chi connectivity index (χ4n) is 1.27. The Hall–Kier alpha value is -1.10. The summed E-state index contributed by atoms with van der Waals surface area (Å²) in [6.07, 6.45) is 0. The summed E-state index contributed by atoms with van der Waals surface area (Å²) in [5, 5.41) is 8.82. The first-order valence-corrected chi connectivity index (χ1v) is 5.02. The van der Waals surface area contributed by atoms with Gasteiger partial charge in [0.1, 0.15) is 11.6 Å². The number of carboxylic acids is 1. The highest BCUT2D eigenvalue weighted by Gasteiger charge is 2.22. The Balaban J connectivity index is 3.32. The van der Waals surface area contributed by atoms with Crippen molar-refractivity contribution in [2.75, 3.05) is 7.11 Å². The lowest BCUT2D eigenvalue weighted by atomic mass is 10.00. The van der Waals surface area contributed by atoms with E-state index < -0.39 is 17.7 Å². The van der Waals surface area contributed by atoms with Gasteiger partial charge in [-0.15, -0.1) is 0 Å². The van der Waals surface area contributed by atoms with Crippen LogP contribution in [0.15, 0.2) is 16.6 Å². The van der Waals surface area contributed by atoms with Gasteiger partial charge in [0.25, 0.3) is 0 Å². The first-order chi connectivity index (χ1) is 6.97. The molecule has 0 saturated carbocycles. The summed E-state index contributed by atoms with van der Waals surface area (Å²) in [4.78, 5) is 10.8. The van der Waals surface area contributed by atoms with Crippen molar-refractivity contribution >= 4 is 21.9 Å². The van der Waals surface area contributed by atoms with Crippen molar-refractivity contribution in [1.29, 1.82) is 0 Å². The zero-order chi connectivity index (χ0) is 11.6. The molecular weight excluding hydrogens is 267 g/mol. The third-order valence-electron chi connectivity index (χ3n) is 2.08. The number of carbonyl (C=O) groups is 1. The molecule has 1 aromatic rings. The maximum absolute atomic E-state index is 13.5. The van der Waals surface area contributed by atoms with Crippen LogP contribution in [-0.2, 0) is 4.79 Å². The van der Waals surface area contributed by atoms with Gasteiger partial charge in [0, 0.05) is 10.0 Å². The minimum absolute atomic E-state index is 0.0631. The van der Waals surface area contributed by atoms with Gasteiger partial charge in [-0.05, 0) is 19.1 Å². The third-order valence-corrected chi connectivity index (χ3v) is 2.54. The Labute approximate surface area is 95.0 Å². The van der Waals surface area contributed by atoms with Crippen LogP contribution in [-0.4, -0.2) is 18.2 Å². The molecule has 0 aliphatic carbocycles. The van der Waals surface area contributed by atoms with E-state index in [-0.39, 0.29) is 11.3 Å². The normalized spacial score (nSPS) is 12.3. The van der Waals surface area contributed by atoms with Crippen LogP contribution in [0.2, 0.25) is 0 Å². The lowest BCUT2D eigenvalue weighted by Crippen LogP contribution is -2.11. The highest BCUT2D eigenvalue weighted by atomic mass is 79.9. The van der Waals surface area contributed by atoms with Gasteiger partial charge in [0.15, 0.2) is 0 Å². The molecule has 3 nitrogen and oxygen atoms in total. The molecule has 1 unspecified atom stereocenters. The number of methoxy groups -OCH3 is 1. The van der Waals surface area contributed by atoms with E-state index in [1.807, 2.05) is 0 Å². The largest absolute Gasteiger partial charge is 0.496 e. The molecule has 0 aliphatic heterocycles. The monoisotopic (exact) mass is 276 g/mol. The number of hydrogen-bond acceptors (Lipinski definition) is 2. The average Bonchev–Trinajstić information content (AvgIpc) is 2.15. The first-order valence-electron chi connectivity index (χ1n) is 4.23. The SMILES string of the molecule is COc1cc(Br)cc(F)c1C(C)C(=O)O. The van der Waals surface area contributed by atoms with E-state index in [2.05, 4.69) is 15.9 Å². The van der Waals surface area contributed by atoms with Crippen molar-refractivity contribution < 1.29 is 19.0 Å². The molecule has 0 aliphatic rings. The second-order valence-corrected chi connectivity index (χ2v) is 3.98. The average molecular weight is 277 g/mol. The fourth-order valence-corrected chi connectivity index (χ4v) is 1.68. The molecule has 0 radical (unpaired) electrons. The van der Waals surface area contributed by atoms with Crippen LogP contribution in [0.4, 0.5) is 4.39 Å². The number of hydrogen-bond donors (Lipinski definition) is 1. The van der Waals surface area contributed by atoms with E-state index in [0.717, 1.165) is 0 Å². The highest BCUT2D eigenvalue weighted by Crippen LogP contribution is 2.32. The molecule has 0 heterocycles. The maximum atomic E-state index is 13.5. The predicted molar refractivity (Wildman–Crippen MR) is 56.7 cm³/mol. The molecule has 1 aromatic carbocycles. The smallest absolute Gasteiger partial charge is 0.310 e. The molecule has 1 rings (SSSR count). The molecule has 0 bridgehead atoms. The van der Waals surface area contributed by atoms with Crippen LogP contribution in [0.25, 0.3) is 0 Å². The van der Waals surface area contributed by atoms with Crippen LogP contribution in [0.5, 0.6) is 5.75 Å². The van der Waals surface area contributed by atoms with Gasteiger partial charge in [-0.1, -0.05) is 15.9 Å². The Bertz CT molecular complexity index is 392. The van der Waals surface area contributed by atoms with Crippen LogP contribution in [0.1, 0.15) is 18.4 Å². The van der Waals surface area contributed by atoms with E-state index in [0.29, 0.717) is 4.47 Å². The first kappa shape index (κ1) is 12.0. The fraction of sp³-hybridized carbons (Fsp3) is 0.300. The quantitative estimate of drug-likeness (QED) is 0.924. The number of ether oxygens (including phenoxy) is 1. The molecule has 0 spiro atoms. The van der Waals surface area contributed by atoms with Crippen molar-refractivity contribution in [2.24, 2.45) is 0 Å². The van der Waals surface area contributed by atoms with Crippen LogP contribution in [0, 0.1) is 5.82 Å². The third kappa shape index (κ3) is 2.47. The van der Waals surface area contributed by atoms with Gasteiger partial charge in [-0.2, -0.15) is 0 Å². The van der Waals surface area contributed by atoms with Gasteiger partial charge in [-0.25, -0.2) is 4.39 Å². The van der Waals surface area contributed by atoms with Gasteiger partial charge in [-0.3, -0.25) is 4.79 Å². The summed E-state index contributed by atoms with van der Waals surface area (Å²) in [6.45, 7) is 1.41. The van der Waals surface area contributed by atoms with Crippen molar-refractivity contribution in [3.63, 3.8) is 0 Å². The summed E-state index contributed by atoms with van der Waals surface area (Å²) in [6, 6.07) is 2.76. The molecule has 0 amide bonds. The van der Waals surface area contributed by atoms with E-state index in [4.69, 9.17) is 9.84 Å². The Morgan fingerprint density at radius 2 is 2.20 bits per heavy atom. The number of rotatable bonds is 3. The number of carboxylic acid groups (broad SMARTS) is 1. The molecule has 15 heavy (non-hydrogen) atoms. The van der Waals surface area contributed by atoms with Crippen LogP contribution in [0.3, 0.4) is 0 Å². The summed E-state index contributed by atoms with van der Waals surface area (Å²) >= 11 is 3.11. The summed E-state index contributed by atoms with van der Waals surface area (Å²) < 4.78 is 19.0. The maximum Gasteiger partial charge on any atom is 0.310 e. The van der Waals surface area contributed by atoms with E-state index in [1.165, 1.54) is 26.2 Å². The number of halogens is 2. The van der Waals surface area contributed by atoms with Gasteiger partial charge in [0.2, 0.25) is 0 Å². The summed E-state index contributed by atoms with van der Waals surface area (Å²) in [5.41, 5.74) is 0.0631. The lowest BCUT2D eigenvalue weighted by molar-refractivity contribution is -0.138. The Morgan fingerprint density at radius 3 is 2.67 bits per heavy atom. The van der Waals surface area contributed by atoms with Gasteiger partial charge in [0.05, 0.1) is 13.0 Å². The van der Waals surface area contributed by atoms with E-state index in [9.17, 15) is 9.18 Å². The van der Waals surface area contributed by atoms with E-state index in [1.54, 1.807) is 0 Å². The molecule has 1 N–H and O–H groups in total. The summed E-state index contributed by atoms with van der Waals surface area (Å²) in [7, 11) is 1.37. The molecule has 82 valence electrons. The molecule has 5 heteroatoms. The topological polar surface area (TPSA) is 46.5 Å². The molecular formula is C10H10BrFO3. The second kappa shape index (κ2) is 4.61. The van der Waals surface area contributed by atoms with E-state index >= 15 is 0 Å². The Kier molecular flexibility index (Phi) is 3.68. The number of aliphatic carboxylic acids is 1. The number of benzene rings is 1. The van der Waals surface area contributed by atoms with Gasteiger partial charge >= 0.3 is 5.97 Å². The van der Waals surface area contributed by atoms with Crippen molar-refractivity contribution in [1.82, 2.24) is 0 Å². The van der Waals surface area contributed by atoms with Crippen molar-refractivity contribution in [3.8, 4) is 5.75 Å². The van der Waals surface area contributed by atoms with Crippen LogP contribution < -0.4 is 4.74 Å². The standard InChI is InChI=1S/C10H10BrFO3/c1-5(10(13)14)9-7(12)3-6(11)4-8(9)15-2/h3-5H,1-2H3,(H,13,14). The summed E-state index contributed by atoms with van der Waals surface area (Å²) in [5.74, 6) is -2.38. The molecule has 0 aromatic heterocycles. The second-order valence-electron chi connectivity index (χ2n) is 3.06. The molecule has 0 saturated heterocycles. The van der Waals surface area contributed by atoms with Crippen LogP contribution >= 0.6 is 15.9 Å².